The van der Waals surface area contributed by atoms with Crippen LogP contribution in [0.4, 0.5) is 24.5 Å². The van der Waals surface area contributed by atoms with Crippen molar-refractivity contribution < 1.29 is 26.4 Å². The van der Waals surface area contributed by atoms with Crippen LogP contribution >= 0.6 is 0 Å². The van der Waals surface area contributed by atoms with Gasteiger partial charge in [-0.3, -0.25) is 9.10 Å². The standard InChI is InChI=1S/C23H21F3N2O3S/c1-16-11-12-21(17(2)13-16)27-22(29)15-28(32(30,31)20-9-4-3-5-10-20)19-8-6-7-18(14-19)23(24,25)26/h3-14H,15H2,1-2H3,(H,27,29). The van der Waals surface area contributed by atoms with Crippen LogP contribution in [0.2, 0.25) is 0 Å². The smallest absolute Gasteiger partial charge is 0.324 e. The minimum absolute atomic E-state index is 0.142. The number of sulfonamides is 1. The summed E-state index contributed by atoms with van der Waals surface area (Å²) < 4.78 is 66.9. The summed E-state index contributed by atoms with van der Waals surface area (Å²) in [5.74, 6) is -0.686. The number of anilines is 2. The molecule has 32 heavy (non-hydrogen) atoms. The lowest BCUT2D eigenvalue weighted by Crippen LogP contribution is -2.38. The quantitative estimate of drug-likeness (QED) is 0.551. The van der Waals surface area contributed by atoms with Gasteiger partial charge in [-0.05, 0) is 55.8 Å². The second kappa shape index (κ2) is 9.04. The van der Waals surface area contributed by atoms with E-state index in [9.17, 15) is 26.4 Å². The maximum atomic E-state index is 13.3. The van der Waals surface area contributed by atoms with E-state index in [2.05, 4.69) is 5.32 Å². The number of alkyl halides is 3. The van der Waals surface area contributed by atoms with Crippen molar-refractivity contribution in [1.29, 1.82) is 0 Å². The van der Waals surface area contributed by atoms with E-state index in [1.807, 2.05) is 13.0 Å². The monoisotopic (exact) mass is 462 g/mol. The molecule has 0 aliphatic rings. The van der Waals surface area contributed by atoms with Crippen LogP contribution in [0.5, 0.6) is 0 Å². The zero-order valence-corrected chi connectivity index (χ0v) is 18.2. The average Bonchev–Trinajstić information content (AvgIpc) is 2.74. The molecule has 9 heteroatoms. The lowest BCUT2D eigenvalue weighted by atomic mass is 10.1. The van der Waals surface area contributed by atoms with Gasteiger partial charge in [-0.1, -0.05) is 42.0 Å². The topological polar surface area (TPSA) is 66.5 Å². The first kappa shape index (κ1) is 23.3. The summed E-state index contributed by atoms with van der Waals surface area (Å²) in [4.78, 5) is 12.6. The molecule has 1 amide bonds. The van der Waals surface area contributed by atoms with Gasteiger partial charge in [0.05, 0.1) is 16.1 Å². The van der Waals surface area contributed by atoms with Crippen molar-refractivity contribution in [1.82, 2.24) is 0 Å². The molecule has 0 aliphatic carbocycles. The molecule has 0 atom stereocenters. The number of amides is 1. The number of carbonyl (C=O) groups excluding carboxylic acids is 1. The maximum absolute atomic E-state index is 13.3. The Morgan fingerprint density at radius 3 is 2.25 bits per heavy atom. The molecule has 0 unspecified atom stereocenters. The molecule has 0 fully saturated rings. The van der Waals surface area contributed by atoms with Crippen molar-refractivity contribution in [2.45, 2.75) is 24.9 Å². The Bertz CT molecular complexity index is 1230. The van der Waals surface area contributed by atoms with E-state index in [4.69, 9.17) is 0 Å². The van der Waals surface area contributed by atoms with Gasteiger partial charge < -0.3 is 5.32 Å². The molecule has 0 saturated heterocycles. The maximum Gasteiger partial charge on any atom is 0.416 e. The molecule has 1 N–H and O–H groups in total. The third kappa shape index (κ3) is 5.28. The predicted octanol–water partition coefficient (Wildman–Crippen LogP) is 5.16. The van der Waals surface area contributed by atoms with Gasteiger partial charge in [-0.2, -0.15) is 13.2 Å². The molecule has 0 heterocycles. The van der Waals surface area contributed by atoms with Gasteiger partial charge >= 0.3 is 6.18 Å². The lowest BCUT2D eigenvalue weighted by molar-refractivity contribution is -0.137. The Kier molecular flexibility index (Phi) is 6.59. The highest BCUT2D eigenvalue weighted by Crippen LogP contribution is 2.33. The fraction of sp³-hybridized carbons (Fsp3) is 0.174. The molecule has 0 spiro atoms. The Morgan fingerprint density at radius 2 is 1.62 bits per heavy atom. The van der Waals surface area contributed by atoms with Gasteiger partial charge in [0.1, 0.15) is 6.54 Å². The number of hydrogen-bond donors (Lipinski definition) is 1. The fourth-order valence-corrected chi connectivity index (χ4v) is 4.58. The number of benzene rings is 3. The van der Waals surface area contributed by atoms with Crippen molar-refractivity contribution in [2.24, 2.45) is 0 Å². The van der Waals surface area contributed by atoms with E-state index >= 15 is 0 Å². The van der Waals surface area contributed by atoms with Gasteiger partial charge in [0.15, 0.2) is 0 Å². The molecular weight excluding hydrogens is 441 g/mol. The summed E-state index contributed by atoms with van der Waals surface area (Å²) in [5.41, 5.74) is 0.965. The second-order valence-electron chi connectivity index (χ2n) is 7.24. The summed E-state index contributed by atoms with van der Waals surface area (Å²) in [6.45, 7) is 2.97. The van der Waals surface area contributed by atoms with Gasteiger partial charge in [0.2, 0.25) is 5.91 Å². The van der Waals surface area contributed by atoms with Gasteiger partial charge in [-0.15, -0.1) is 0 Å². The van der Waals surface area contributed by atoms with Gasteiger partial charge in [0, 0.05) is 5.69 Å². The summed E-state index contributed by atoms with van der Waals surface area (Å²) >= 11 is 0. The van der Waals surface area contributed by atoms with Crippen molar-refractivity contribution in [2.75, 3.05) is 16.2 Å². The first-order valence-corrected chi connectivity index (χ1v) is 11.0. The molecule has 0 bridgehead atoms. The average molecular weight is 462 g/mol. The third-order valence-electron chi connectivity index (χ3n) is 4.74. The van der Waals surface area contributed by atoms with Gasteiger partial charge in [0.25, 0.3) is 10.0 Å². The van der Waals surface area contributed by atoms with Crippen LogP contribution in [0.15, 0.2) is 77.7 Å². The summed E-state index contributed by atoms with van der Waals surface area (Å²) in [6.07, 6.45) is -4.67. The highest BCUT2D eigenvalue weighted by Gasteiger charge is 2.33. The molecular formula is C23H21F3N2O3S. The molecule has 0 aromatic heterocycles. The van der Waals surface area contributed by atoms with Crippen molar-refractivity contribution in [3.63, 3.8) is 0 Å². The molecule has 0 saturated carbocycles. The lowest BCUT2D eigenvalue weighted by Gasteiger charge is -2.25. The van der Waals surface area contributed by atoms with E-state index in [0.717, 1.165) is 23.3 Å². The number of aryl methyl sites for hydroxylation is 2. The van der Waals surface area contributed by atoms with E-state index in [1.165, 1.54) is 30.3 Å². The van der Waals surface area contributed by atoms with Crippen molar-refractivity contribution in [3.05, 3.63) is 89.5 Å². The van der Waals surface area contributed by atoms with Crippen LogP contribution in [-0.2, 0) is 21.0 Å². The number of hydrogen-bond acceptors (Lipinski definition) is 3. The largest absolute Gasteiger partial charge is 0.416 e. The summed E-state index contributed by atoms with van der Waals surface area (Å²) in [6, 6.07) is 16.4. The van der Waals surface area contributed by atoms with E-state index in [0.29, 0.717) is 16.1 Å². The number of halogens is 3. The third-order valence-corrected chi connectivity index (χ3v) is 6.52. The summed E-state index contributed by atoms with van der Waals surface area (Å²) in [5, 5.41) is 2.64. The Balaban J connectivity index is 2.00. The molecule has 3 rings (SSSR count). The Labute approximate surface area is 184 Å². The number of nitrogens with zero attached hydrogens (tertiary/aromatic N) is 1. The molecule has 5 nitrogen and oxygen atoms in total. The minimum atomic E-state index is -4.67. The van der Waals surface area contributed by atoms with Crippen LogP contribution in [0, 0.1) is 13.8 Å². The van der Waals surface area contributed by atoms with Crippen LogP contribution < -0.4 is 9.62 Å². The van der Waals surface area contributed by atoms with E-state index in [-0.39, 0.29) is 10.6 Å². The Morgan fingerprint density at radius 1 is 0.938 bits per heavy atom. The molecule has 0 aliphatic heterocycles. The number of nitrogens with one attached hydrogen (secondary N) is 1. The van der Waals surface area contributed by atoms with Crippen molar-refractivity contribution >= 4 is 27.3 Å². The molecule has 0 radical (unpaired) electrons. The fourth-order valence-electron chi connectivity index (χ4n) is 3.15. The summed E-state index contributed by atoms with van der Waals surface area (Å²) in [7, 11) is -4.32. The zero-order chi connectivity index (χ0) is 23.5. The number of carbonyl (C=O) groups is 1. The normalized spacial score (nSPS) is 11.8. The van der Waals surface area contributed by atoms with Crippen LogP contribution in [0.3, 0.4) is 0 Å². The predicted molar refractivity (Wildman–Crippen MR) is 117 cm³/mol. The molecule has 168 valence electrons. The first-order chi connectivity index (χ1) is 15.0. The van der Waals surface area contributed by atoms with Crippen LogP contribution in [0.25, 0.3) is 0 Å². The zero-order valence-electron chi connectivity index (χ0n) is 17.3. The Hall–Kier alpha value is -3.33. The van der Waals surface area contributed by atoms with Crippen LogP contribution in [0.1, 0.15) is 16.7 Å². The van der Waals surface area contributed by atoms with Gasteiger partial charge in [-0.25, -0.2) is 8.42 Å². The van der Waals surface area contributed by atoms with E-state index < -0.39 is 34.2 Å². The van der Waals surface area contributed by atoms with E-state index in [1.54, 1.807) is 25.1 Å². The number of rotatable bonds is 6. The van der Waals surface area contributed by atoms with Crippen molar-refractivity contribution in [3.8, 4) is 0 Å². The first-order valence-electron chi connectivity index (χ1n) is 9.60. The highest BCUT2D eigenvalue weighted by molar-refractivity contribution is 7.92. The second-order valence-corrected chi connectivity index (χ2v) is 9.10. The van der Waals surface area contributed by atoms with Crippen LogP contribution in [-0.4, -0.2) is 20.9 Å². The molecule has 3 aromatic carbocycles. The SMILES string of the molecule is Cc1ccc(NC(=O)CN(c2cccc(C(F)(F)F)c2)S(=O)(=O)c2ccccc2)c(C)c1. The minimum Gasteiger partial charge on any atom is -0.324 e. The highest BCUT2D eigenvalue weighted by atomic mass is 32.2. The molecule has 3 aromatic rings.